The number of nitriles is 1. The van der Waals surface area contributed by atoms with E-state index in [9.17, 15) is 9.90 Å². The van der Waals surface area contributed by atoms with Crippen LogP contribution >= 0.6 is 0 Å². The Morgan fingerprint density at radius 2 is 1.56 bits per heavy atom. The maximum atomic E-state index is 9.80. The van der Waals surface area contributed by atoms with Crippen molar-refractivity contribution in [3.8, 4) is 11.8 Å². The number of nitrogens with one attached hydrogen (secondary N) is 1. The highest BCUT2D eigenvalue weighted by Gasteiger charge is 2.22. The van der Waals surface area contributed by atoms with Gasteiger partial charge in [0.05, 0.1) is 11.6 Å². The molecule has 1 aliphatic rings. The quantitative estimate of drug-likeness (QED) is 0.233. The molecule has 4 nitrogen and oxygen atoms in total. The van der Waals surface area contributed by atoms with Gasteiger partial charge in [0.25, 0.3) is 0 Å². The van der Waals surface area contributed by atoms with E-state index in [-0.39, 0.29) is 5.92 Å². The number of rotatable bonds is 6. The number of hydrogen-bond acceptors (Lipinski definition) is 3. The lowest BCUT2D eigenvalue weighted by Crippen LogP contribution is -2.00. The van der Waals surface area contributed by atoms with Crippen LogP contribution in [0.15, 0.2) is 66.7 Å². The van der Waals surface area contributed by atoms with Crippen LogP contribution in [0.5, 0.6) is 5.75 Å². The van der Waals surface area contributed by atoms with E-state index in [1.54, 1.807) is 6.07 Å². The number of aromatic amines is 1. The fourth-order valence-electron chi connectivity index (χ4n) is 4.41. The summed E-state index contributed by atoms with van der Waals surface area (Å²) in [5, 5.41) is 19.8. The van der Waals surface area contributed by atoms with E-state index >= 15 is 0 Å². The molecule has 0 radical (unpaired) electrons. The first-order valence-electron chi connectivity index (χ1n) is 15.2. The van der Waals surface area contributed by atoms with Crippen molar-refractivity contribution in [2.24, 2.45) is 0 Å². The van der Waals surface area contributed by atoms with Crippen molar-refractivity contribution in [3.05, 3.63) is 100 Å². The molecule has 0 saturated heterocycles. The fraction of sp³-hybridized carbons (Fsp3) is 0.405. The number of fused-ring (bicyclic) bond motifs is 1. The first kappa shape index (κ1) is 35.2. The lowest BCUT2D eigenvalue weighted by Gasteiger charge is -2.13. The zero-order valence-electron chi connectivity index (χ0n) is 26.4. The largest absolute Gasteiger partial charge is 0.508 e. The lowest BCUT2D eigenvalue weighted by atomic mass is 9.92. The minimum Gasteiger partial charge on any atom is -0.508 e. The molecule has 4 aromatic rings. The van der Waals surface area contributed by atoms with Gasteiger partial charge < -0.3 is 14.9 Å². The first-order valence-corrected chi connectivity index (χ1v) is 15.2. The Kier molecular flexibility index (Phi) is 16.5. The van der Waals surface area contributed by atoms with Gasteiger partial charge in [-0.1, -0.05) is 96.8 Å². The number of phenols is 1. The van der Waals surface area contributed by atoms with E-state index in [4.69, 9.17) is 5.26 Å². The van der Waals surface area contributed by atoms with E-state index < -0.39 is 0 Å². The van der Waals surface area contributed by atoms with Gasteiger partial charge in [0.2, 0.25) is 0 Å². The molecule has 2 N–H and O–H groups in total. The average Bonchev–Trinajstić information content (AvgIpc) is 3.82. The van der Waals surface area contributed by atoms with Crippen molar-refractivity contribution >= 4 is 17.2 Å². The van der Waals surface area contributed by atoms with E-state index in [1.165, 1.54) is 40.8 Å². The molecule has 0 amide bonds. The predicted octanol–water partition coefficient (Wildman–Crippen LogP) is 10.4. The van der Waals surface area contributed by atoms with Gasteiger partial charge in [0.1, 0.15) is 12.0 Å². The molecule has 4 heteroatoms. The topological polar surface area (TPSA) is 76.9 Å². The van der Waals surface area contributed by atoms with E-state index in [0.29, 0.717) is 17.7 Å². The summed E-state index contributed by atoms with van der Waals surface area (Å²) in [7, 11) is 0. The number of aryl methyl sites for hydroxylation is 2. The van der Waals surface area contributed by atoms with Crippen LogP contribution in [0.2, 0.25) is 0 Å². The lowest BCUT2D eigenvalue weighted by molar-refractivity contribution is -0.107. The Morgan fingerprint density at radius 3 is 2.05 bits per heavy atom. The number of aldehydes is 1. The molecule has 0 bridgehead atoms. The minimum absolute atomic E-state index is 0.207. The van der Waals surface area contributed by atoms with E-state index in [1.807, 2.05) is 71.0 Å². The molecule has 220 valence electrons. The Morgan fingerprint density at radius 1 is 0.976 bits per heavy atom. The normalized spacial score (nSPS) is 12.0. The summed E-state index contributed by atoms with van der Waals surface area (Å²) in [5.74, 6) is 1.41. The number of H-pyrrole nitrogens is 1. The second kappa shape index (κ2) is 19.3. The van der Waals surface area contributed by atoms with Gasteiger partial charge in [-0.05, 0) is 79.1 Å². The number of carbonyl (C=O) groups excluding carboxylic acids is 1. The highest BCUT2D eigenvalue weighted by Crippen LogP contribution is 2.39. The molecule has 0 aliphatic heterocycles. The molecule has 1 saturated carbocycles. The minimum atomic E-state index is 0.207. The van der Waals surface area contributed by atoms with Gasteiger partial charge in [-0.15, -0.1) is 0 Å². The summed E-state index contributed by atoms with van der Waals surface area (Å²) in [4.78, 5) is 12.7. The molecule has 1 atom stereocenters. The SMILES string of the molecule is CC.CC.CCC=O.CCCc1c(C(C)c2ccc(C#N)cc2)[nH]c2ccc(O)cc12.Cc1ccc(C2CC2)cc1. The molecule has 3 aromatic carbocycles. The van der Waals surface area contributed by atoms with Crippen molar-refractivity contribution in [2.75, 3.05) is 0 Å². The molecule has 1 unspecified atom stereocenters. The van der Waals surface area contributed by atoms with Crippen molar-refractivity contribution in [2.45, 2.75) is 99.3 Å². The summed E-state index contributed by atoms with van der Waals surface area (Å²) in [6.07, 6.45) is 6.35. The maximum absolute atomic E-state index is 9.80. The smallest absolute Gasteiger partial charge is 0.119 e. The van der Waals surface area contributed by atoms with Crippen LogP contribution in [0.1, 0.15) is 119 Å². The summed E-state index contributed by atoms with van der Waals surface area (Å²) in [6.45, 7) is 16.3. The van der Waals surface area contributed by atoms with Crippen LogP contribution in [-0.2, 0) is 11.2 Å². The third-order valence-corrected chi connectivity index (χ3v) is 6.69. The Bertz CT molecular complexity index is 1320. The molecule has 41 heavy (non-hydrogen) atoms. The van der Waals surface area contributed by atoms with Crippen LogP contribution in [0.3, 0.4) is 0 Å². The highest BCUT2D eigenvalue weighted by atomic mass is 16.3. The third kappa shape index (κ3) is 10.9. The van der Waals surface area contributed by atoms with Gasteiger partial charge in [-0.3, -0.25) is 0 Å². The van der Waals surface area contributed by atoms with Gasteiger partial charge >= 0.3 is 0 Å². The molecule has 5 rings (SSSR count). The van der Waals surface area contributed by atoms with Crippen LogP contribution in [-0.4, -0.2) is 16.4 Å². The molecule has 1 heterocycles. The van der Waals surface area contributed by atoms with Gasteiger partial charge in [0, 0.05) is 28.9 Å². The molecule has 1 fully saturated rings. The van der Waals surface area contributed by atoms with Gasteiger partial charge in [-0.2, -0.15) is 5.26 Å². The molecular formula is C37H50N2O2. The molecule has 1 aliphatic carbocycles. The molecular weight excluding hydrogens is 504 g/mol. The van der Waals surface area contributed by atoms with Crippen LogP contribution in [0.25, 0.3) is 10.9 Å². The van der Waals surface area contributed by atoms with Gasteiger partial charge in [-0.25, -0.2) is 0 Å². The van der Waals surface area contributed by atoms with Crippen molar-refractivity contribution in [1.82, 2.24) is 4.98 Å². The number of phenolic OH excluding ortho intramolecular Hbond substituents is 1. The van der Waals surface area contributed by atoms with Gasteiger partial charge in [0.15, 0.2) is 0 Å². The van der Waals surface area contributed by atoms with Crippen molar-refractivity contribution in [1.29, 1.82) is 5.26 Å². The summed E-state index contributed by atoms with van der Waals surface area (Å²) in [6, 6.07) is 24.3. The molecule has 1 aromatic heterocycles. The monoisotopic (exact) mass is 554 g/mol. The number of aromatic nitrogens is 1. The molecule has 0 spiro atoms. The number of carbonyl (C=O) groups is 1. The number of benzene rings is 3. The van der Waals surface area contributed by atoms with Crippen molar-refractivity contribution in [3.63, 3.8) is 0 Å². The Balaban J connectivity index is 0.000000385. The summed E-state index contributed by atoms with van der Waals surface area (Å²) >= 11 is 0. The highest BCUT2D eigenvalue weighted by molar-refractivity contribution is 5.86. The number of aromatic hydroxyl groups is 1. The Labute approximate surface area is 248 Å². The summed E-state index contributed by atoms with van der Waals surface area (Å²) < 4.78 is 0. The second-order valence-corrected chi connectivity index (χ2v) is 9.71. The zero-order valence-corrected chi connectivity index (χ0v) is 26.4. The van der Waals surface area contributed by atoms with Crippen LogP contribution < -0.4 is 0 Å². The van der Waals surface area contributed by atoms with E-state index in [2.05, 4.69) is 56.1 Å². The zero-order chi connectivity index (χ0) is 30.8. The number of hydrogen-bond donors (Lipinski definition) is 2. The van der Waals surface area contributed by atoms with Crippen LogP contribution in [0.4, 0.5) is 0 Å². The first-order chi connectivity index (χ1) is 19.9. The van der Waals surface area contributed by atoms with Crippen LogP contribution in [0, 0.1) is 18.3 Å². The standard InChI is InChI=1S/C20H20N2O.C10H12.C3H6O.2C2H6/c1-3-4-17-18-11-16(23)9-10-19(18)22-20(17)13(2)15-7-5-14(12-21)6-8-15;1-8-2-4-9(5-3-8)10-6-7-10;1-2-3-4;2*1-2/h5-11,13,22-23H,3-4H2,1-2H3;2-5,10H,6-7H2,1H3;3H,2H2,1H3;2*1-2H3. The maximum Gasteiger partial charge on any atom is 0.119 e. The van der Waals surface area contributed by atoms with Crippen molar-refractivity contribution < 1.29 is 9.90 Å². The number of nitrogens with zero attached hydrogens (tertiary/aromatic N) is 1. The average molecular weight is 555 g/mol. The summed E-state index contributed by atoms with van der Waals surface area (Å²) in [5.41, 5.74) is 8.28. The predicted molar refractivity (Wildman–Crippen MR) is 175 cm³/mol. The fourth-order valence-corrected chi connectivity index (χ4v) is 4.41. The Hall–Kier alpha value is -3.84. The second-order valence-electron chi connectivity index (χ2n) is 9.71. The van der Waals surface area contributed by atoms with E-state index in [0.717, 1.165) is 35.9 Å². The third-order valence-electron chi connectivity index (χ3n) is 6.69.